The van der Waals surface area contributed by atoms with Crippen molar-refractivity contribution in [3.63, 3.8) is 0 Å². The van der Waals surface area contributed by atoms with Gasteiger partial charge in [0.2, 0.25) is 11.8 Å². The average Bonchev–Trinajstić information content (AvgIpc) is 3.00. The molecular weight excluding hydrogens is 280 g/mol. The molecule has 0 fully saturated rings. The maximum absolute atomic E-state index is 11.9. The number of aromatic nitrogens is 4. The van der Waals surface area contributed by atoms with Gasteiger partial charge < -0.3 is 9.72 Å². The van der Waals surface area contributed by atoms with Crippen molar-refractivity contribution in [2.24, 2.45) is 5.92 Å². The van der Waals surface area contributed by atoms with E-state index in [0.29, 0.717) is 18.2 Å². The molecule has 0 aliphatic heterocycles. The van der Waals surface area contributed by atoms with Gasteiger partial charge in [0, 0.05) is 12.5 Å². The fraction of sp³-hybridized carbons (Fsp3) is 0.312. The Balaban J connectivity index is 1.95. The number of hydrogen-bond donors (Lipinski definition) is 1. The van der Waals surface area contributed by atoms with Gasteiger partial charge in [0.15, 0.2) is 0 Å². The van der Waals surface area contributed by atoms with Crippen molar-refractivity contribution in [2.45, 2.75) is 27.2 Å². The van der Waals surface area contributed by atoms with E-state index >= 15 is 0 Å². The number of fused-ring (bicyclic) bond motifs is 1. The molecule has 0 bridgehead atoms. The number of imidazole rings is 1. The fourth-order valence-electron chi connectivity index (χ4n) is 2.23. The third-order valence-corrected chi connectivity index (χ3v) is 3.17. The molecule has 0 radical (unpaired) electrons. The predicted octanol–water partition coefficient (Wildman–Crippen LogP) is 3.01. The van der Waals surface area contributed by atoms with Crippen LogP contribution in [-0.2, 0) is 4.79 Å². The van der Waals surface area contributed by atoms with Crippen molar-refractivity contribution in [2.75, 3.05) is 0 Å². The topological polar surface area (TPSA) is 72.8 Å². The summed E-state index contributed by atoms with van der Waals surface area (Å²) in [4.78, 5) is 19.6. The van der Waals surface area contributed by atoms with Crippen molar-refractivity contribution < 1.29 is 9.53 Å². The normalized spacial score (nSPS) is 11.3. The number of aryl methyl sites for hydroxylation is 1. The molecule has 1 N–H and O–H groups in total. The first-order valence-corrected chi connectivity index (χ1v) is 7.25. The van der Waals surface area contributed by atoms with E-state index in [4.69, 9.17) is 4.74 Å². The monoisotopic (exact) mass is 298 g/mol. The van der Waals surface area contributed by atoms with Crippen molar-refractivity contribution in [3.8, 4) is 11.8 Å². The number of carbonyl (C=O) groups is 1. The van der Waals surface area contributed by atoms with Crippen LogP contribution in [0.3, 0.4) is 0 Å². The van der Waals surface area contributed by atoms with Crippen LogP contribution in [0.5, 0.6) is 5.88 Å². The zero-order chi connectivity index (χ0) is 15.7. The van der Waals surface area contributed by atoms with E-state index in [1.54, 1.807) is 6.07 Å². The number of rotatable bonds is 4. The highest BCUT2D eigenvalue weighted by molar-refractivity contribution is 5.76. The van der Waals surface area contributed by atoms with Gasteiger partial charge in [-0.1, -0.05) is 26.0 Å². The number of para-hydroxylation sites is 2. The minimum Gasteiger partial charge on any atom is -0.407 e. The van der Waals surface area contributed by atoms with Gasteiger partial charge in [0.1, 0.15) is 0 Å². The molecule has 1 aromatic carbocycles. The van der Waals surface area contributed by atoms with Gasteiger partial charge in [-0.2, -0.15) is 9.78 Å². The molecular formula is C16H18N4O2. The molecule has 114 valence electrons. The molecule has 6 heteroatoms. The molecule has 0 spiro atoms. The first-order valence-electron chi connectivity index (χ1n) is 7.25. The smallest absolute Gasteiger partial charge is 0.312 e. The zero-order valence-electron chi connectivity index (χ0n) is 12.8. The lowest BCUT2D eigenvalue weighted by Crippen LogP contribution is -2.13. The largest absolute Gasteiger partial charge is 0.407 e. The summed E-state index contributed by atoms with van der Waals surface area (Å²) in [5, 5.41) is 4.35. The minimum absolute atomic E-state index is 0.246. The highest BCUT2D eigenvalue weighted by Crippen LogP contribution is 2.21. The number of carbonyl (C=O) groups excluding carboxylic acids is 1. The van der Waals surface area contributed by atoms with Crippen LogP contribution in [0.25, 0.3) is 17.0 Å². The van der Waals surface area contributed by atoms with Gasteiger partial charge in [0.05, 0.1) is 16.7 Å². The van der Waals surface area contributed by atoms with Crippen molar-refractivity contribution >= 4 is 17.0 Å². The van der Waals surface area contributed by atoms with Crippen LogP contribution in [0.2, 0.25) is 0 Å². The fourth-order valence-corrected chi connectivity index (χ4v) is 2.23. The van der Waals surface area contributed by atoms with Crippen molar-refractivity contribution in [1.82, 2.24) is 19.7 Å². The zero-order valence-corrected chi connectivity index (χ0v) is 12.8. The first kappa shape index (κ1) is 14.3. The summed E-state index contributed by atoms with van der Waals surface area (Å²) in [6.45, 7) is 5.80. The molecule has 3 aromatic rings. The van der Waals surface area contributed by atoms with Gasteiger partial charge in [0.25, 0.3) is 0 Å². The Bertz CT molecular complexity index is 784. The molecule has 0 saturated carbocycles. The summed E-state index contributed by atoms with van der Waals surface area (Å²) in [6.07, 6.45) is 0.365. The van der Waals surface area contributed by atoms with Crippen LogP contribution in [0.1, 0.15) is 26.0 Å². The molecule has 2 aromatic heterocycles. The number of nitrogens with one attached hydrogen (secondary N) is 1. The third-order valence-electron chi connectivity index (χ3n) is 3.17. The van der Waals surface area contributed by atoms with Crippen LogP contribution in [0, 0.1) is 12.8 Å². The maximum atomic E-state index is 11.9. The van der Waals surface area contributed by atoms with Crippen molar-refractivity contribution in [3.05, 3.63) is 36.0 Å². The summed E-state index contributed by atoms with van der Waals surface area (Å²) >= 11 is 0. The Morgan fingerprint density at radius 3 is 2.86 bits per heavy atom. The quantitative estimate of drug-likeness (QED) is 0.751. The average molecular weight is 298 g/mol. The molecule has 0 aliphatic rings. The number of benzene rings is 1. The van der Waals surface area contributed by atoms with Crippen LogP contribution in [0.15, 0.2) is 30.3 Å². The van der Waals surface area contributed by atoms with E-state index < -0.39 is 0 Å². The second-order valence-corrected chi connectivity index (χ2v) is 5.69. The van der Waals surface area contributed by atoms with E-state index in [1.807, 2.05) is 45.0 Å². The van der Waals surface area contributed by atoms with Gasteiger partial charge in [-0.15, -0.1) is 0 Å². The summed E-state index contributed by atoms with van der Waals surface area (Å²) < 4.78 is 6.95. The Morgan fingerprint density at radius 1 is 1.36 bits per heavy atom. The molecule has 0 aliphatic carbocycles. The van der Waals surface area contributed by atoms with Crippen LogP contribution in [-0.4, -0.2) is 25.7 Å². The second-order valence-electron chi connectivity index (χ2n) is 5.69. The number of nitrogens with zero attached hydrogens (tertiary/aromatic N) is 3. The van der Waals surface area contributed by atoms with Crippen LogP contribution >= 0.6 is 0 Å². The van der Waals surface area contributed by atoms with E-state index in [9.17, 15) is 4.79 Å². The highest BCUT2D eigenvalue weighted by Gasteiger charge is 2.16. The Labute approximate surface area is 128 Å². The molecule has 2 heterocycles. The summed E-state index contributed by atoms with van der Waals surface area (Å²) in [5.74, 6) is 0.882. The molecule has 0 unspecified atom stereocenters. The summed E-state index contributed by atoms with van der Waals surface area (Å²) in [7, 11) is 0. The number of ether oxygens (including phenoxy) is 1. The SMILES string of the molecule is Cc1cc(OC(=O)CC(C)C)n(-c2nc3ccccc3[nH]2)n1. The molecule has 22 heavy (non-hydrogen) atoms. The van der Waals surface area contributed by atoms with Crippen LogP contribution in [0.4, 0.5) is 0 Å². The molecule has 3 rings (SSSR count). The number of esters is 1. The molecule has 6 nitrogen and oxygen atoms in total. The van der Waals surface area contributed by atoms with Crippen LogP contribution < -0.4 is 4.74 Å². The predicted molar refractivity (Wildman–Crippen MR) is 83.0 cm³/mol. The van der Waals surface area contributed by atoms with Crippen molar-refractivity contribution in [1.29, 1.82) is 0 Å². The van der Waals surface area contributed by atoms with Gasteiger partial charge in [-0.3, -0.25) is 4.79 Å². The Hall–Kier alpha value is -2.63. The maximum Gasteiger partial charge on any atom is 0.312 e. The van der Waals surface area contributed by atoms with E-state index in [0.717, 1.165) is 16.7 Å². The standard InChI is InChI=1S/C16H18N4O2/c1-10(2)8-15(21)22-14-9-11(3)19-20(14)16-17-12-6-4-5-7-13(12)18-16/h4-7,9-10H,8H2,1-3H3,(H,17,18). The van der Waals surface area contributed by atoms with Gasteiger partial charge >= 0.3 is 5.97 Å². The molecule has 0 amide bonds. The minimum atomic E-state index is -0.271. The lowest BCUT2D eigenvalue weighted by Gasteiger charge is -2.06. The summed E-state index contributed by atoms with van der Waals surface area (Å²) in [5.41, 5.74) is 2.50. The summed E-state index contributed by atoms with van der Waals surface area (Å²) in [6, 6.07) is 9.43. The molecule has 0 atom stereocenters. The molecule has 0 saturated heterocycles. The first-order chi connectivity index (χ1) is 10.5. The van der Waals surface area contributed by atoms with E-state index in [1.165, 1.54) is 4.68 Å². The highest BCUT2D eigenvalue weighted by atomic mass is 16.5. The van der Waals surface area contributed by atoms with Gasteiger partial charge in [-0.25, -0.2) is 4.98 Å². The third kappa shape index (κ3) is 2.86. The number of hydrogen-bond acceptors (Lipinski definition) is 4. The number of H-pyrrole nitrogens is 1. The van der Waals surface area contributed by atoms with Gasteiger partial charge in [-0.05, 0) is 25.0 Å². The Kier molecular flexibility index (Phi) is 3.66. The van der Waals surface area contributed by atoms with E-state index in [-0.39, 0.29) is 11.9 Å². The Morgan fingerprint density at radius 2 is 2.14 bits per heavy atom. The second kappa shape index (κ2) is 5.63. The number of aromatic amines is 1. The lowest BCUT2D eigenvalue weighted by molar-refractivity contribution is -0.135. The lowest BCUT2D eigenvalue weighted by atomic mass is 10.1. The van der Waals surface area contributed by atoms with E-state index in [2.05, 4.69) is 15.1 Å².